The standard InChI is InChI=1S/C15H19NO2/c1-15(2,3)11-6-7-13-12(8-11)16(14(17)18-13)9-10-4-5-10/h6-8,10H,4-5,9H2,1-3H3. The summed E-state index contributed by atoms with van der Waals surface area (Å²) in [5.41, 5.74) is 2.97. The number of oxazole rings is 1. The predicted molar refractivity (Wildman–Crippen MR) is 71.9 cm³/mol. The molecule has 3 heteroatoms. The summed E-state index contributed by atoms with van der Waals surface area (Å²) in [7, 11) is 0. The molecule has 0 N–H and O–H groups in total. The van der Waals surface area contributed by atoms with Gasteiger partial charge in [-0.1, -0.05) is 26.8 Å². The van der Waals surface area contributed by atoms with Gasteiger partial charge >= 0.3 is 5.76 Å². The van der Waals surface area contributed by atoms with Gasteiger partial charge in [-0.25, -0.2) is 4.79 Å². The van der Waals surface area contributed by atoms with Gasteiger partial charge in [0.1, 0.15) is 0 Å². The number of hydrogen-bond donors (Lipinski definition) is 0. The molecule has 1 aliphatic rings. The summed E-state index contributed by atoms with van der Waals surface area (Å²) in [6.07, 6.45) is 2.47. The van der Waals surface area contributed by atoms with Crippen molar-refractivity contribution in [2.45, 2.75) is 45.6 Å². The summed E-state index contributed by atoms with van der Waals surface area (Å²) in [4.78, 5) is 11.9. The van der Waals surface area contributed by atoms with Crippen LogP contribution < -0.4 is 5.76 Å². The minimum Gasteiger partial charge on any atom is -0.408 e. The van der Waals surface area contributed by atoms with Crippen LogP contribution in [0, 0.1) is 5.92 Å². The van der Waals surface area contributed by atoms with Gasteiger partial charge in [-0.3, -0.25) is 4.57 Å². The summed E-state index contributed by atoms with van der Waals surface area (Å²) in [6.45, 7) is 7.34. The summed E-state index contributed by atoms with van der Waals surface area (Å²) >= 11 is 0. The van der Waals surface area contributed by atoms with Gasteiger partial charge in [-0.05, 0) is 41.9 Å². The van der Waals surface area contributed by atoms with Crippen LogP contribution >= 0.6 is 0 Å². The Bertz CT molecular complexity index is 639. The quantitative estimate of drug-likeness (QED) is 0.813. The largest absolute Gasteiger partial charge is 0.419 e. The third-order valence-electron chi connectivity index (χ3n) is 3.67. The molecule has 18 heavy (non-hydrogen) atoms. The number of hydrogen-bond acceptors (Lipinski definition) is 2. The van der Waals surface area contributed by atoms with Crippen molar-refractivity contribution in [1.82, 2.24) is 4.57 Å². The first-order chi connectivity index (χ1) is 8.45. The van der Waals surface area contributed by atoms with Crippen molar-refractivity contribution in [1.29, 1.82) is 0 Å². The van der Waals surface area contributed by atoms with Gasteiger partial charge in [0.25, 0.3) is 0 Å². The molecule has 1 aromatic carbocycles. The average molecular weight is 245 g/mol. The van der Waals surface area contributed by atoms with Crippen molar-refractivity contribution in [3.05, 3.63) is 34.3 Å². The molecular weight excluding hydrogens is 226 g/mol. The maximum Gasteiger partial charge on any atom is 0.419 e. The molecule has 0 unspecified atom stereocenters. The number of fused-ring (bicyclic) bond motifs is 1. The Kier molecular flexibility index (Phi) is 2.40. The summed E-state index contributed by atoms with van der Waals surface area (Å²) in [5.74, 6) is 0.449. The molecule has 1 heterocycles. The van der Waals surface area contributed by atoms with Gasteiger partial charge in [-0.15, -0.1) is 0 Å². The molecule has 1 fully saturated rings. The first-order valence-electron chi connectivity index (χ1n) is 6.59. The van der Waals surface area contributed by atoms with E-state index in [0.29, 0.717) is 11.5 Å². The highest BCUT2D eigenvalue weighted by Crippen LogP contribution is 2.32. The molecule has 1 aliphatic carbocycles. The van der Waals surface area contributed by atoms with Crippen LogP contribution in [0.1, 0.15) is 39.2 Å². The molecule has 3 rings (SSSR count). The Hall–Kier alpha value is -1.51. The van der Waals surface area contributed by atoms with Gasteiger partial charge in [0.2, 0.25) is 0 Å². The van der Waals surface area contributed by atoms with E-state index in [2.05, 4.69) is 26.8 Å². The van der Waals surface area contributed by atoms with Crippen molar-refractivity contribution < 1.29 is 4.42 Å². The number of nitrogens with zero attached hydrogens (tertiary/aromatic N) is 1. The number of rotatable bonds is 2. The zero-order valence-electron chi connectivity index (χ0n) is 11.2. The lowest BCUT2D eigenvalue weighted by atomic mass is 9.87. The molecule has 1 aromatic heterocycles. The molecule has 0 saturated heterocycles. The van der Waals surface area contributed by atoms with E-state index < -0.39 is 0 Å². The third kappa shape index (κ3) is 1.98. The topological polar surface area (TPSA) is 35.1 Å². The van der Waals surface area contributed by atoms with Crippen molar-refractivity contribution in [3.8, 4) is 0 Å². The van der Waals surface area contributed by atoms with Crippen molar-refractivity contribution >= 4 is 11.1 Å². The van der Waals surface area contributed by atoms with E-state index in [1.54, 1.807) is 4.57 Å². The number of benzene rings is 1. The van der Waals surface area contributed by atoms with Gasteiger partial charge in [-0.2, -0.15) is 0 Å². The molecule has 3 nitrogen and oxygen atoms in total. The van der Waals surface area contributed by atoms with Gasteiger partial charge < -0.3 is 4.42 Å². The zero-order chi connectivity index (χ0) is 12.9. The Balaban J connectivity index is 2.15. The first kappa shape index (κ1) is 11.6. The summed E-state index contributed by atoms with van der Waals surface area (Å²) in [5, 5.41) is 0. The van der Waals surface area contributed by atoms with Crippen LogP contribution in [0.25, 0.3) is 11.1 Å². The van der Waals surface area contributed by atoms with Crippen molar-refractivity contribution in [2.75, 3.05) is 0 Å². The van der Waals surface area contributed by atoms with Crippen LogP contribution in [-0.4, -0.2) is 4.57 Å². The van der Waals surface area contributed by atoms with Crippen LogP contribution in [0.5, 0.6) is 0 Å². The van der Waals surface area contributed by atoms with Crippen LogP contribution in [0.15, 0.2) is 27.4 Å². The molecule has 0 amide bonds. The molecule has 2 aromatic rings. The summed E-state index contributed by atoms with van der Waals surface area (Å²) in [6, 6.07) is 6.07. The average Bonchev–Trinajstić information content (AvgIpc) is 3.03. The maximum atomic E-state index is 11.9. The van der Waals surface area contributed by atoms with E-state index in [1.807, 2.05) is 12.1 Å². The Labute approximate surface area is 106 Å². The monoisotopic (exact) mass is 245 g/mol. The Morgan fingerprint density at radius 3 is 2.67 bits per heavy atom. The van der Waals surface area contributed by atoms with Gasteiger partial charge in [0.05, 0.1) is 5.52 Å². The zero-order valence-corrected chi connectivity index (χ0v) is 11.2. The lowest BCUT2D eigenvalue weighted by Crippen LogP contribution is -2.16. The molecule has 96 valence electrons. The maximum absolute atomic E-state index is 11.9. The van der Waals surface area contributed by atoms with Crippen LogP contribution in [-0.2, 0) is 12.0 Å². The van der Waals surface area contributed by atoms with E-state index in [1.165, 1.54) is 18.4 Å². The lowest BCUT2D eigenvalue weighted by molar-refractivity contribution is 0.492. The molecule has 0 bridgehead atoms. The van der Waals surface area contributed by atoms with Gasteiger partial charge in [0, 0.05) is 6.54 Å². The molecule has 0 aliphatic heterocycles. The summed E-state index contributed by atoms with van der Waals surface area (Å²) < 4.78 is 7.10. The first-order valence-corrected chi connectivity index (χ1v) is 6.59. The van der Waals surface area contributed by atoms with E-state index in [4.69, 9.17) is 4.42 Å². The second-order valence-corrected chi connectivity index (χ2v) is 6.35. The van der Waals surface area contributed by atoms with E-state index >= 15 is 0 Å². The fourth-order valence-corrected chi connectivity index (χ4v) is 2.26. The van der Waals surface area contributed by atoms with Crippen LogP contribution in [0.3, 0.4) is 0 Å². The van der Waals surface area contributed by atoms with E-state index in [9.17, 15) is 4.79 Å². The molecular formula is C15H19NO2. The van der Waals surface area contributed by atoms with Crippen LogP contribution in [0.2, 0.25) is 0 Å². The highest BCUT2D eigenvalue weighted by molar-refractivity contribution is 5.74. The highest BCUT2D eigenvalue weighted by atomic mass is 16.4. The molecule has 0 atom stereocenters. The van der Waals surface area contributed by atoms with Crippen molar-refractivity contribution in [2.24, 2.45) is 5.92 Å². The van der Waals surface area contributed by atoms with Crippen molar-refractivity contribution in [3.63, 3.8) is 0 Å². The van der Waals surface area contributed by atoms with Crippen LogP contribution in [0.4, 0.5) is 0 Å². The lowest BCUT2D eigenvalue weighted by Gasteiger charge is -2.18. The fraction of sp³-hybridized carbons (Fsp3) is 0.533. The highest BCUT2D eigenvalue weighted by Gasteiger charge is 2.24. The fourth-order valence-electron chi connectivity index (χ4n) is 2.26. The molecule has 0 radical (unpaired) electrons. The van der Waals surface area contributed by atoms with E-state index in [0.717, 1.165) is 12.1 Å². The Morgan fingerprint density at radius 1 is 1.33 bits per heavy atom. The number of aromatic nitrogens is 1. The SMILES string of the molecule is CC(C)(C)c1ccc2oc(=O)n(CC3CC3)c2c1. The third-order valence-corrected chi connectivity index (χ3v) is 3.67. The molecule has 1 saturated carbocycles. The Morgan fingerprint density at radius 2 is 2.06 bits per heavy atom. The predicted octanol–water partition coefficient (Wildman–Crippen LogP) is 3.30. The normalized spacial score (nSPS) is 16.4. The molecule has 0 spiro atoms. The van der Waals surface area contributed by atoms with E-state index in [-0.39, 0.29) is 11.2 Å². The second kappa shape index (κ2) is 3.74. The smallest absolute Gasteiger partial charge is 0.408 e. The van der Waals surface area contributed by atoms with Gasteiger partial charge in [0.15, 0.2) is 5.58 Å². The minimum atomic E-state index is -0.219. The second-order valence-electron chi connectivity index (χ2n) is 6.35. The minimum absolute atomic E-state index is 0.0892.